The molecule has 0 aromatic rings. The predicted molar refractivity (Wildman–Crippen MR) is 69.9 cm³/mol. The number of likely N-dealkylation sites (tertiary alicyclic amines) is 1. The third-order valence-corrected chi connectivity index (χ3v) is 4.14. The molecule has 2 fully saturated rings. The fourth-order valence-electron chi connectivity index (χ4n) is 3.13. The van der Waals surface area contributed by atoms with Gasteiger partial charge in [-0.1, -0.05) is 12.8 Å². The fraction of sp³-hybridized carbons (Fsp3) is 0.923. The third-order valence-electron chi connectivity index (χ3n) is 4.14. The Morgan fingerprint density at radius 3 is 2.88 bits per heavy atom. The summed E-state index contributed by atoms with van der Waals surface area (Å²) in [4.78, 5) is 6.54. The maximum absolute atomic E-state index is 10.6. The Bertz CT molecular complexity index is 303. The number of hydrogen-bond donors (Lipinski definition) is 2. The van der Waals surface area contributed by atoms with Crippen LogP contribution in [0.4, 0.5) is 0 Å². The quantitative estimate of drug-likeness (QED) is 0.536. The number of aliphatic hydroxyl groups is 1. The van der Waals surface area contributed by atoms with E-state index in [1.165, 1.54) is 12.8 Å². The van der Waals surface area contributed by atoms with E-state index in [2.05, 4.69) is 9.89 Å². The van der Waals surface area contributed by atoms with Crippen LogP contribution in [0.1, 0.15) is 46.0 Å². The van der Waals surface area contributed by atoms with E-state index < -0.39 is 5.60 Å². The Morgan fingerprint density at radius 1 is 1.41 bits per heavy atom. The smallest absolute Gasteiger partial charge is 0.191 e. The van der Waals surface area contributed by atoms with Crippen LogP contribution in [0.15, 0.2) is 4.99 Å². The Labute approximate surface area is 104 Å². The van der Waals surface area contributed by atoms with Crippen molar-refractivity contribution in [3.8, 4) is 0 Å². The van der Waals surface area contributed by atoms with Crippen LogP contribution in [-0.2, 0) is 0 Å². The minimum atomic E-state index is -0.424. The lowest BCUT2D eigenvalue weighted by Crippen LogP contribution is -2.56. The molecule has 0 amide bonds. The van der Waals surface area contributed by atoms with Crippen LogP contribution in [0, 0.1) is 5.92 Å². The Hall–Kier alpha value is -0.770. The number of nitrogens with two attached hydrogens (primary N) is 1. The summed E-state index contributed by atoms with van der Waals surface area (Å²) in [6.45, 7) is 5.79. The second kappa shape index (κ2) is 4.84. The van der Waals surface area contributed by atoms with Gasteiger partial charge in [-0.25, -0.2) is 0 Å². The summed E-state index contributed by atoms with van der Waals surface area (Å²) in [7, 11) is 0. The first kappa shape index (κ1) is 12.7. The standard InChI is InChI=1S/C13H25N3O/c1-10(2)15-12(14)16-8-7-13(17)6-4-3-5-11(13)9-16/h10-11,17H,3-9H2,1-2H3,(H2,14,15). The highest BCUT2D eigenvalue weighted by atomic mass is 16.3. The summed E-state index contributed by atoms with van der Waals surface area (Å²) in [6.07, 6.45) is 5.34. The highest BCUT2D eigenvalue weighted by Gasteiger charge is 2.43. The normalized spacial score (nSPS) is 34.9. The molecule has 1 saturated carbocycles. The molecular formula is C13H25N3O. The van der Waals surface area contributed by atoms with Crippen molar-refractivity contribution in [2.75, 3.05) is 13.1 Å². The van der Waals surface area contributed by atoms with Crippen LogP contribution in [0.5, 0.6) is 0 Å². The number of rotatable bonds is 1. The molecule has 3 N–H and O–H groups in total. The van der Waals surface area contributed by atoms with Gasteiger partial charge in [0.25, 0.3) is 0 Å². The van der Waals surface area contributed by atoms with Gasteiger partial charge in [-0.05, 0) is 33.1 Å². The number of aliphatic imine (C=N–C) groups is 1. The lowest BCUT2D eigenvalue weighted by molar-refractivity contribution is -0.0841. The van der Waals surface area contributed by atoms with Crippen molar-refractivity contribution in [2.45, 2.75) is 57.6 Å². The molecule has 2 atom stereocenters. The average Bonchev–Trinajstić information content (AvgIpc) is 2.26. The summed E-state index contributed by atoms with van der Waals surface area (Å²) in [5.41, 5.74) is 5.58. The maximum atomic E-state index is 10.6. The Morgan fingerprint density at radius 2 is 2.18 bits per heavy atom. The van der Waals surface area contributed by atoms with Crippen LogP contribution in [-0.4, -0.2) is 40.7 Å². The second-order valence-electron chi connectivity index (χ2n) is 5.82. The minimum absolute atomic E-state index is 0.238. The number of guanidine groups is 1. The third kappa shape index (κ3) is 2.73. The van der Waals surface area contributed by atoms with Crippen LogP contribution >= 0.6 is 0 Å². The van der Waals surface area contributed by atoms with E-state index in [-0.39, 0.29) is 6.04 Å². The van der Waals surface area contributed by atoms with Crippen molar-refractivity contribution >= 4 is 5.96 Å². The Kier molecular flexibility index (Phi) is 3.61. The summed E-state index contributed by atoms with van der Waals surface area (Å²) in [5.74, 6) is 1.03. The van der Waals surface area contributed by atoms with Crippen LogP contribution < -0.4 is 5.73 Å². The van der Waals surface area contributed by atoms with E-state index in [0.717, 1.165) is 32.4 Å². The van der Waals surface area contributed by atoms with Gasteiger partial charge in [-0.3, -0.25) is 4.99 Å². The molecule has 1 aliphatic heterocycles. The van der Waals surface area contributed by atoms with E-state index in [1.807, 2.05) is 13.8 Å². The zero-order valence-corrected chi connectivity index (χ0v) is 11.0. The lowest BCUT2D eigenvalue weighted by Gasteiger charge is -2.47. The van der Waals surface area contributed by atoms with Gasteiger partial charge in [0.05, 0.1) is 5.60 Å². The van der Waals surface area contributed by atoms with E-state index in [9.17, 15) is 5.11 Å². The molecule has 4 heteroatoms. The molecular weight excluding hydrogens is 214 g/mol. The van der Waals surface area contributed by atoms with Gasteiger partial charge >= 0.3 is 0 Å². The minimum Gasteiger partial charge on any atom is -0.389 e. The van der Waals surface area contributed by atoms with E-state index in [4.69, 9.17) is 5.73 Å². The summed E-state index contributed by atoms with van der Waals surface area (Å²) in [5, 5.41) is 10.6. The topological polar surface area (TPSA) is 61.8 Å². The van der Waals surface area contributed by atoms with Crippen LogP contribution in [0.25, 0.3) is 0 Å². The van der Waals surface area contributed by atoms with Crippen molar-refractivity contribution in [3.05, 3.63) is 0 Å². The number of fused-ring (bicyclic) bond motifs is 1. The SMILES string of the molecule is CC(C)N=C(N)N1CCC2(O)CCCCC2C1. The zero-order chi connectivity index (χ0) is 12.5. The van der Waals surface area contributed by atoms with E-state index >= 15 is 0 Å². The fourth-order valence-corrected chi connectivity index (χ4v) is 3.13. The summed E-state index contributed by atoms with van der Waals surface area (Å²) in [6, 6.07) is 0.238. The van der Waals surface area contributed by atoms with Crippen LogP contribution in [0.3, 0.4) is 0 Å². The zero-order valence-electron chi connectivity index (χ0n) is 11.0. The number of hydrogen-bond acceptors (Lipinski definition) is 2. The van der Waals surface area contributed by atoms with Crippen molar-refractivity contribution in [2.24, 2.45) is 16.6 Å². The van der Waals surface area contributed by atoms with Gasteiger partial charge < -0.3 is 15.7 Å². The molecule has 2 rings (SSSR count). The van der Waals surface area contributed by atoms with Gasteiger partial charge in [0.15, 0.2) is 5.96 Å². The molecule has 98 valence electrons. The Balaban J connectivity index is 2.02. The first-order chi connectivity index (χ1) is 8.01. The molecule has 2 unspecified atom stereocenters. The molecule has 0 aromatic heterocycles. The number of piperidine rings is 1. The van der Waals surface area contributed by atoms with Gasteiger partial charge in [0.1, 0.15) is 0 Å². The molecule has 0 bridgehead atoms. The highest BCUT2D eigenvalue weighted by Crippen LogP contribution is 2.39. The molecule has 0 radical (unpaired) electrons. The summed E-state index contributed by atoms with van der Waals surface area (Å²) < 4.78 is 0. The van der Waals surface area contributed by atoms with Gasteiger partial charge in [0.2, 0.25) is 0 Å². The van der Waals surface area contributed by atoms with Crippen LogP contribution in [0.2, 0.25) is 0 Å². The first-order valence-electron chi connectivity index (χ1n) is 6.82. The highest BCUT2D eigenvalue weighted by molar-refractivity contribution is 5.78. The monoisotopic (exact) mass is 239 g/mol. The number of nitrogens with zero attached hydrogens (tertiary/aromatic N) is 2. The van der Waals surface area contributed by atoms with Gasteiger partial charge in [-0.15, -0.1) is 0 Å². The second-order valence-corrected chi connectivity index (χ2v) is 5.82. The molecule has 4 nitrogen and oxygen atoms in total. The average molecular weight is 239 g/mol. The van der Waals surface area contributed by atoms with Gasteiger partial charge in [-0.2, -0.15) is 0 Å². The summed E-state index contributed by atoms with van der Waals surface area (Å²) >= 11 is 0. The lowest BCUT2D eigenvalue weighted by atomic mass is 9.71. The van der Waals surface area contributed by atoms with E-state index in [1.54, 1.807) is 0 Å². The van der Waals surface area contributed by atoms with Crippen molar-refractivity contribution in [1.82, 2.24) is 4.90 Å². The maximum Gasteiger partial charge on any atom is 0.191 e. The molecule has 0 spiro atoms. The molecule has 1 heterocycles. The van der Waals surface area contributed by atoms with E-state index in [0.29, 0.717) is 11.9 Å². The molecule has 2 aliphatic rings. The van der Waals surface area contributed by atoms with Crippen molar-refractivity contribution < 1.29 is 5.11 Å². The molecule has 1 aliphatic carbocycles. The molecule has 17 heavy (non-hydrogen) atoms. The molecule has 0 aromatic carbocycles. The van der Waals surface area contributed by atoms with Crippen molar-refractivity contribution in [3.63, 3.8) is 0 Å². The van der Waals surface area contributed by atoms with Crippen molar-refractivity contribution in [1.29, 1.82) is 0 Å². The largest absolute Gasteiger partial charge is 0.389 e. The van der Waals surface area contributed by atoms with Gasteiger partial charge in [0, 0.05) is 25.0 Å². The predicted octanol–water partition coefficient (Wildman–Crippen LogP) is 1.34. The first-order valence-corrected chi connectivity index (χ1v) is 6.82. The molecule has 1 saturated heterocycles.